The number of anilines is 2. The molecular formula is C20H17Cl2F2N7O3S. The van der Waals surface area contributed by atoms with Gasteiger partial charge in [0.15, 0.2) is 11.5 Å². The summed E-state index contributed by atoms with van der Waals surface area (Å²) in [5, 5.41) is 7.46. The molecule has 3 rings (SSSR count). The summed E-state index contributed by atoms with van der Waals surface area (Å²) in [4.78, 5) is 52.2. The van der Waals surface area contributed by atoms with Crippen LogP contribution in [0.3, 0.4) is 0 Å². The van der Waals surface area contributed by atoms with Crippen molar-refractivity contribution in [2.24, 2.45) is 0 Å². The van der Waals surface area contributed by atoms with Crippen LogP contribution in [0, 0.1) is 0 Å². The summed E-state index contributed by atoms with van der Waals surface area (Å²) in [6.07, 6.45) is 3.37. The van der Waals surface area contributed by atoms with Crippen molar-refractivity contribution in [3.05, 3.63) is 56.0 Å². The van der Waals surface area contributed by atoms with E-state index in [0.717, 1.165) is 29.9 Å². The van der Waals surface area contributed by atoms with Gasteiger partial charge >= 0.3 is 0 Å². The molecule has 0 spiro atoms. The summed E-state index contributed by atoms with van der Waals surface area (Å²) in [5.74, 6) is -5.06. The molecule has 0 aliphatic carbocycles. The zero-order valence-electron chi connectivity index (χ0n) is 18.3. The van der Waals surface area contributed by atoms with E-state index in [1.54, 1.807) is 6.92 Å². The molecule has 3 aromatic rings. The van der Waals surface area contributed by atoms with Gasteiger partial charge in [-0.3, -0.25) is 14.4 Å². The molecule has 0 saturated heterocycles. The largest absolute Gasteiger partial charge is 0.342 e. The number of hydrogen-bond donors (Lipinski definition) is 3. The van der Waals surface area contributed by atoms with Crippen LogP contribution in [0.25, 0.3) is 0 Å². The normalized spacial score (nSPS) is 12.1. The fourth-order valence-electron chi connectivity index (χ4n) is 2.72. The molecule has 3 heterocycles. The number of amides is 3. The molecule has 0 aromatic carbocycles. The zero-order valence-corrected chi connectivity index (χ0v) is 20.6. The highest BCUT2D eigenvalue weighted by atomic mass is 35.5. The summed E-state index contributed by atoms with van der Waals surface area (Å²) in [6, 6.07) is 0.342. The fraction of sp³-hybridized carbons (Fsp3) is 0.250. The summed E-state index contributed by atoms with van der Waals surface area (Å²) in [6.45, 7) is 3.57. The Bertz CT molecular complexity index is 1300. The van der Waals surface area contributed by atoms with Gasteiger partial charge in [0, 0.05) is 25.6 Å². The second kappa shape index (κ2) is 10.5. The zero-order chi connectivity index (χ0) is 25.9. The quantitative estimate of drug-likeness (QED) is 0.400. The van der Waals surface area contributed by atoms with Gasteiger partial charge < -0.3 is 16.0 Å². The highest BCUT2D eigenvalue weighted by Gasteiger charge is 2.28. The van der Waals surface area contributed by atoms with E-state index < -0.39 is 35.2 Å². The van der Waals surface area contributed by atoms with Crippen LogP contribution in [0.15, 0.2) is 24.8 Å². The lowest BCUT2D eigenvalue weighted by Gasteiger charge is -2.13. The topological polar surface area (TPSA) is 139 Å². The molecular weight excluding hydrogens is 527 g/mol. The third-order valence-corrected chi connectivity index (χ3v) is 6.17. The van der Waals surface area contributed by atoms with Crippen LogP contribution in [0.4, 0.5) is 20.4 Å². The first-order chi connectivity index (χ1) is 16.4. The predicted octanol–water partition coefficient (Wildman–Crippen LogP) is 4.45. The molecule has 0 radical (unpaired) electrons. The van der Waals surface area contributed by atoms with Crippen molar-refractivity contribution < 1.29 is 23.2 Å². The van der Waals surface area contributed by atoms with Crippen molar-refractivity contribution >= 4 is 63.9 Å². The van der Waals surface area contributed by atoms with Crippen LogP contribution < -0.4 is 16.0 Å². The van der Waals surface area contributed by atoms with E-state index in [1.807, 2.05) is 0 Å². The number of pyridine rings is 1. The monoisotopic (exact) mass is 543 g/mol. The minimum atomic E-state index is -3.22. The van der Waals surface area contributed by atoms with E-state index in [9.17, 15) is 23.2 Å². The molecule has 0 fully saturated rings. The Morgan fingerprint density at radius 1 is 1.06 bits per heavy atom. The second-order valence-electron chi connectivity index (χ2n) is 7.22. The van der Waals surface area contributed by atoms with Crippen molar-refractivity contribution in [3.8, 4) is 0 Å². The van der Waals surface area contributed by atoms with E-state index in [4.69, 9.17) is 23.2 Å². The fourth-order valence-corrected chi connectivity index (χ4v) is 4.04. The maximum Gasteiger partial charge on any atom is 0.272 e. The molecule has 10 nitrogen and oxygen atoms in total. The summed E-state index contributed by atoms with van der Waals surface area (Å²) < 4.78 is 27.4. The number of nitrogens with one attached hydrogen (secondary N) is 3. The second-order valence-corrected chi connectivity index (χ2v) is 9.06. The Kier molecular flexibility index (Phi) is 7.93. The number of nitrogens with zero attached hydrogens (tertiary/aromatic N) is 4. The van der Waals surface area contributed by atoms with Gasteiger partial charge in [0.25, 0.3) is 17.7 Å². The van der Waals surface area contributed by atoms with Gasteiger partial charge in [-0.2, -0.15) is 0 Å². The third kappa shape index (κ3) is 6.44. The molecule has 0 aliphatic rings. The summed E-state index contributed by atoms with van der Waals surface area (Å²) in [7, 11) is 0. The Labute approximate surface area is 211 Å². The molecule has 3 N–H and O–H groups in total. The molecule has 184 valence electrons. The molecule has 1 unspecified atom stereocenters. The van der Waals surface area contributed by atoms with Crippen molar-refractivity contribution in [3.63, 3.8) is 0 Å². The smallest absolute Gasteiger partial charge is 0.272 e. The first-order valence-electron chi connectivity index (χ1n) is 9.76. The average molecular weight is 544 g/mol. The van der Waals surface area contributed by atoms with Gasteiger partial charge in [0.1, 0.15) is 27.1 Å². The van der Waals surface area contributed by atoms with E-state index in [2.05, 4.69) is 35.9 Å². The molecule has 3 amide bonds. The van der Waals surface area contributed by atoms with Crippen LogP contribution in [-0.4, -0.2) is 37.7 Å². The van der Waals surface area contributed by atoms with Crippen molar-refractivity contribution in [1.29, 1.82) is 0 Å². The highest BCUT2D eigenvalue weighted by Crippen LogP contribution is 2.34. The molecule has 15 heteroatoms. The Morgan fingerprint density at radius 3 is 2.43 bits per heavy atom. The first kappa shape index (κ1) is 26.3. The Hall–Kier alpha value is -3.29. The minimum Gasteiger partial charge on any atom is -0.342 e. The lowest BCUT2D eigenvalue weighted by molar-refractivity contribution is -0.114. The predicted molar refractivity (Wildman–Crippen MR) is 126 cm³/mol. The van der Waals surface area contributed by atoms with Crippen LogP contribution >= 0.6 is 34.5 Å². The molecule has 0 aliphatic heterocycles. The summed E-state index contributed by atoms with van der Waals surface area (Å²) in [5.41, 5.74) is -0.639. The maximum absolute atomic E-state index is 13.7. The third-order valence-electron chi connectivity index (χ3n) is 4.33. The van der Waals surface area contributed by atoms with Gasteiger partial charge in [-0.15, -0.1) is 11.3 Å². The number of thiazole rings is 1. The number of rotatable bonds is 7. The number of halogens is 4. The molecule has 1 atom stereocenters. The van der Waals surface area contributed by atoms with Gasteiger partial charge in [-0.05, 0) is 13.0 Å². The number of aromatic nitrogens is 4. The van der Waals surface area contributed by atoms with E-state index in [0.29, 0.717) is 11.9 Å². The van der Waals surface area contributed by atoms with Crippen LogP contribution in [0.5, 0.6) is 0 Å². The van der Waals surface area contributed by atoms with Gasteiger partial charge in [-0.25, -0.2) is 28.7 Å². The number of carbonyl (C=O) groups excluding carboxylic acids is 3. The van der Waals surface area contributed by atoms with Gasteiger partial charge in [0.2, 0.25) is 5.91 Å². The average Bonchev–Trinajstić information content (AvgIpc) is 3.26. The molecule has 35 heavy (non-hydrogen) atoms. The number of alkyl halides is 2. The van der Waals surface area contributed by atoms with Gasteiger partial charge in [-0.1, -0.05) is 23.2 Å². The van der Waals surface area contributed by atoms with E-state index >= 15 is 0 Å². The lowest BCUT2D eigenvalue weighted by atomic mass is 10.1. The highest BCUT2D eigenvalue weighted by molar-refractivity contribution is 7.13. The van der Waals surface area contributed by atoms with Crippen LogP contribution in [0.2, 0.25) is 10.0 Å². The standard InChI is InChI=1S/C20H17Cl2F2N7O3S/c1-8(29-18(34)15-14(22)16(28-7-27-15)30-9(2)32)19-26-6-12(35-19)17(33)31-13-4-10(20(3,23)24)11(21)5-25-13/h4-8H,1-3H3,(H,29,34)(H,25,31,33)(H,27,28,30,32). The number of carbonyl (C=O) groups is 3. The van der Waals surface area contributed by atoms with Crippen LogP contribution in [0.1, 0.15) is 57.5 Å². The van der Waals surface area contributed by atoms with E-state index in [-0.39, 0.29) is 32.3 Å². The SMILES string of the molecule is CC(=O)Nc1ncnc(C(=O)NC(C)c2ncc(C(=O)Nc3cc(C(C)(F)F)c(Cl)cn3)s2)c1Cl. The van der Waals surface area contributed by atoms with Crippen molar-refractivity contribution in [2.75, 3.05) is 10.6 Å². The molecule has 3 aromatic heterocycles. The Balaban J connectivity index is 1.70. The number of hydrogen-bond acceptors (Lipinski definition) is 8. The Morgan fingerprint density at radius 2 is 1.77 bits per heavy atom. The van der Waals surface area contributed by atoms with Crippen molar-refractivity contribution in [1.82, 2.24) is 25.3 Å². The molecule has 0 bridgehead atoms. The summed E-state index contributed by atoms with van der Waals surface area (Å²) >= 11 is 12.9. The molecule has 0 saturated carbocycles. The van der Waals surface area contributed by atoms with Crippen LogP contribution in [-0.2, 0) is 10.7 Å². The van der Waals surface area contributed by atoms with Gasteiger partial charge in [0.05, 0.1) is 17.3 Å². The minimum absolute atomic E-state index is 0.0139. The maximum atomic E-state index is 13.7. The van der Waals surface area contributed by atoms with Crippen molar-refractivity contribution in [2.45, 2.75) is 32.7 Å². The van der Waals surface area contributed by atoms with E-state index in [1.165, 1.54) is 13.1 Å². The first-order valence-corrected chi connectivity index (χ1v) is 11.3. The lowest BCUT2D eigenvalue weighted by Crippen LogP contribution is -2.28.